The third kappa shape index (κ3) is 4.48. The monoisotopic (exact) mass is 363 g/mol. The smallest absolute Gasteiger partial charge is 0.328 e. The molecule has 0 amide bonds. The molecule has 1 aromatic carbocycles. The fraction of sp³-hybridized carbons (Fsp3) is 0.556. The van der Waals surface area contributed by atoms with Crippen molar-refractivity contribution in [2.75, 3.05) is 46.5 Å². The van der Waals surface area contributed by atoms with E-state index in [2.05, 4.69) is 22.3 Å². The summed E-state index contributed by atoms with van der Waals surface area (Å²) in [4.78, 5) is 16.5. The summed E-state index contributed by atoms with van der Waals surface area (Å²) in [5.41, 5.74) is 2.39. The van der Waals surface area contributed by atoms with Crippen molar-refractivity contribution < 1.29 is 14.3 Å². The molecule has 1 unspecified atom stereocenters. The quantitative estimate of drug-likeness (QED) is 0.627. The minimum atomic E-state index is -0.372. The minimum absolute atomic E-state index is 0.244. The molecule has 6 nitrogen and oxygen atoms in total. The van der Waals surface area contributed by atoms with E-state index in [1.54, 1.807) is 0 Å². The Kier molecular flexibility index (Phi) is 6.23. The fourth-order valence-corrected chi connectivity index (χ4v) is 3.62. The Morgan fingerprint density at radius 3 is 2.76 bits per heavy atom. The molecule has 1 atom stereocenters. The predicted molar refractivity (Wildman–Crippen MR) is 99.4 cm³/mol. The van der Waals surface area contributed by atoms with Gasteiger partial charge in [-0.3, -0.25) is 4.90 Å². The lowest BCUT2D eigenvalue weighted by Gasteiger charge is -2.37. The number of ether oxygens (including phenoxy) is 2. The highest BCUT2D eigenvalue weighted by molar-refractivity contribution is 7.80. The summed E-state index contributed by atoms with van der Waals surface area (Å²) in [6, 6.07) is 7.80. The lowest BCUT2D eigenvalue weighted by Crippen LogP contribution is -2.53. The van der Waals surface area contributed by atoms with E-state index in [9.17, 15) is 4.79 Å². The molecule has 0 spiro atoms. The summed E-state index contributed by atoms with van der Waals surface area (Å²) in [6.07, 6.45) is 0.619. The van der Waals surface area contributed by atoms with E-state index in [4.69, 9.17) is 21.7 Å². The number of hydrogen-bond acceptors (Lipinski definition) is 5. The van der Waals surface area contributed by atoms with E-state index in [1.165, 1.54) is 18.2 Å². The first-order valence-electron chi connectivity index (χ1n) is 8.68. The molecule has 136 valence electrons. The molecule has 1 aromatic rings. The molecule has 0 aromatic heterocycles. The van der Waals surface area contributed by atoms with Gasteiger partial charge in [0, 0.05) is 39.1 Å². The van der Waals surface area contributed by atoms with Gasteiger partial charge in [-0.2, -0.15) is 0 Å². The summed E-state index contributed by atoms with van der Waals surface area (Å²) in [5.74, 6) is -0.244. The Morgan fingerprint density at radius 2 is 2.04 bits per heavy atom. The highest BCUT2D eigenvalue weighted by Gasteiger charge is 2.33. The van der Waals surface area contributed by atoms with Crippen LogP contribution in [-0.2, 0) is 27.2 Å². The zero-order valence-corrected chi connectivity index (χ0v) is 15.4. The maximum atomic E-state index is 12.2. The summed E-state index contributed by atoms with van der Waals surface area (Å²) in [6.45, 7) is 5.78. The maximum absolute atomic E-state index is 12.2. The number of fused-ring (bicyclic) bond motifs is 1. The lowest BCUT2D eigenvalue weighted by atomic mass is 9.94. The first-order chi connectivity index (χ1) is 12.2. The normalized spacial score (nSPS) is 20.7. The number of methoxy groups -OCH3 is 1. The molecule has 0 saturated carbocycles. The van der Waals surface area contributed by atoms with E-state index in [0.717, 1.165) is 39.4 Å². The maximum Gasteiger partial charge on any atom is 0.328 e. The van der Waals surface area contributed by atoms with Crippen LogP contribution in [-0.4, -0.2) is 73.4 Å². The van der Waals surface area contributed by atoms with Crippen molar-refractivity contribution in [2.45, 2.75) is 19.0 Å². The van der Waals surface area contributed by atoms with Crippen LogP contribution in [0.25, 0.3) is 0 Å². The van der Waals surface area contributed by atoms with Crippen LogP contribution in [0.3, 0.4) is 0 Å². The molecular weight excluding hydrogens is 338 g/mol. The SMILES string of the molecule is COC(=O)C1Cc2ccccc2CN1C(=S)NCCN1CCOCC1. The van der Waals surface area contributed by atoms with Crippen molar-refractivity contribution in [3.8, 4) is 0 Å². The van der Waals surface area contributed by atoms with Gasteiger partial charge in [0.25, 0.3) is 0 Å². The van der Waals surface area contributed by atoms with Gasteiger partial charge < -0.3 is 19.7 Å². The molecule has 0 aliphatic carbocycles. The molecule has 2 heterocycles. The lowest BCUT2D eigenvalue weighted by molar-refractivity contribution is -0.145. The molecule has 0 radical (unpaired) electrons. The van der Waals surface area contributed by atoms with Crippen LogP contribution < -0.4 is 5.32 Å². The number of thiocarbonyl (C=S) groups is 1. The number of hydrogen-bond donors (Lipinski definition) is 1. The summed E-state index contributed by atoms with van der Waals surface area (Å²) < 4.78 is 10.4. The molecule has 2 aliphatic rings. The molecule has 7 heteroatoms. The number of carbonyl (C=O) groups excluding carboxylic acids is 1. The van der Waals surface area contributed by atoms with E-state index in [1.807, 2.05) is 17.0 Å². The van der Waals surface area contributed by atoms with Gasteiger partial charge in [-0.1, -0.05) is 24.3 Å². The highest BCUT2D eigenvalue weighted by atomic mass is 32.1. The number of esters is 1. The number of nitrogens with one attached hydrogen (secondary N) is 1. The van der Waals surface area contributed by atoms with Crippen LogP contribution in [0, 0.1) is 0 Å². The number of benzene rings is 1. The van der Waals surface area contributed by atoms with E-state index < -0.39 is 0 Å². The van der Waals surface area contributed by atoms with Crippen molar-refractivity contribution in [1.29, 1.82) is 0 Å². The van der Waals surface area contributed by atoms with Gasteiger partial charge in [-0.25, -0.2) is 4.79 Å². The largest absolute Gasteiger partial charge is 0.467 e. The molecular formula is C18H25N3O3S. The van der Waals surface area contributed by atoms with Crippen molar-refractivity contribution >= 4 is 23.3 Å². The first-order valence-corrected chi connectivity index (χ1v) is 9.09. The Balaban J connectivity index is 1.61. The van der Waals surface area contributed by atoms with Gasteiger partial charge >= 0.3 is 5.97 Å². The molecule has 1 fully saturated rings. The average molecular weight is 363 g/mol. The second-order valence-corrected chi connectivity index (χ2v) is 6.71. The molecule has 3 rings (SSSR count). The number of morpholine rings is 1. The molecule has 1 N–H and O–H groups in total. The second-order valence-electron chi connectivity index (χ2n) is 6.33. The predicted octanol–water partition coefficient (Wildman–Crippen LogP) is 0.793. The van der Waals surface area contributed by atoms with Gasteiger partial charge in [0.15, 0.2) is 5.11 Å². The van der Waals surface area contributed by atoms with Crippen LogP contribution in [0.5, 0.6) is 0 Å². The molecule has 2 aliphatic heterocycles. The van der Waals surface area contributed by atoms with Gasteiger partial charge in [0.1, 0.15) is 6.04 Å². The molecule has 25 heavy (non-hydrogen) atoms. The third-order valence-corrected chi connectivity index (χ3v) is 5.17. The van der Waals surface area contributed by atoms with Crippen molar-refractivity contribution in [2.24, 2.45) is 0 Å². The first kappa shape index (κ1) is 18.1. The van der Waals surface area contributed by atoms with Gasteiger partial charge in [0.05, 0.1) is 20.3 Å². The van der Waals surface area contributed by atoms with Crippen LogP contribution in [0.1, 0.15) is 11.1 Å². The zero-order valence-electron chi connectivity index (χ0n) is 14.6. The number of carbonyl (C=O) groups is 1. The van der Waals surface area contributed by atoms with E-state index >= 15 is 0 Å². The van der Waals surface area contributed by atoms with Crippen LogP contribution in [0.2, 0.25) is 0 Å². The van der Waals surface area contributed by atoms with E-state index in [0.29, 0.717) is 18.1 Å². The van der Waals surface area contributed by atoms with E-state index in [-0.39, 0.29) is 12.0 Å². The Bertz CT molecular complexity index is 619. The van der Waals surface area contributed by atoms with Crippen LogP contribution in [0.4, 0.5) is 0 Å². The standard InChI is InChI=1S/C18H25N3O3S/c1-23-17(22)16-12-14-4-2-3-5-15(14)13-21(16)18(25)19-6-7-20-8-10-24-11-9-20/h2-5,16H,6-13H2,1H3,(H,19,25). The van der Waals surface area contributed by atoms with Crippen molar-refractivity contribution in [1.82, 2.24) is 15.1 Å². The Hall–Kier alpha value is -1.70. The topological polar surface area (TPSA) is 54.0 Å². The molecule has 0 bridgehead atoms. The van der Waals surface area contributed by atoms with Gasteiger partial charge in [-0.05, 0) is 23.3 Å². The van der Waals surface area contributed by atoms with Crippen molar-refractivity contribution in [3.05, 3.63) is 35.4 Å². The summed E-state index contributed by atoms with van der Waals surface area (Å²) >= 11 is 5.58. The Labute approximate surface area is 154 Å². The van der Waals surface area contributed by atoms with Crippen LogP contribution in [0.15, 0.2) is 24.3 Å². The molecule has 1 saturated heterocycles. The van der Waals surface area contributed by atoms with Gasteiger partial charge in [-0.15, -0.1) is 0 Å². The Morgan fingerprint density at radius 1 is 1.32 bits per heavy atom. The van der Waals surface area contributed by atoms with Crippen LogP contribution >= 0.6 is 12.2 Å². The number of rotatable bonds is 4. The third-order valence-electron chi connectivity index (χ3n) is 4.79. The van der Waals surface area contributed by atoms with Crippen molar-refractivity contribution in [3.63, 3.8) is 0 Å². The summed E-state index contributed by atoms with van der Waals surface area (Å²) in [5, 5.41) is 3.92. The minimum Gasteiger partial charge on any atom is -0.467 e. The number of nitrogens with zero attached hydrogens (tertiary/aromatic N) is 2. The zero-order chi connectivity index (χ0) is 17.6. The highest BCUT2D eigenvalue weighted by Crippen LogP contribution is 2.24. The second kappa shape index (κ2) is 8.60. The average Bonchev–Trinajstić information content (AvgIpc) is 2.67. The van der Waals surface area contributed by atoms with Gasteiger partial charge in [0.2, 0.25) is 0 Å². The summed E-state index contributed by atoms with van der Waals surface area (Å²) in [7, 11) is 1.43. The fourth-order valence-electron chi connectivity index (χ4n) is 3.33.